The predicted octanol–water partition coefficient (Wildman–Crippen LogP) is 3.49. The fraction of sp³-hybridized carbons (Fsp3) is 0.333. The highest BCUT2D eigenvalue weighted by Crippen LogP contribution is 2.25. The summed E-state index contributed by atoms with van der Waals surface area (Å²) in [5, 5.41) is 5.15. The number of Topliss-reactive ketones (excluding diaryl/α,β-unsaturated/α-hetero) is 1. The average Bonchev–Trinajstić information content (AvgIpc) is 2.94. The van der Waals surface area contributed by atoms with Gasteiger partial charge in [-0.1, -0.05) is 48.5 Å². The van der Waals surface area contributed by atoms with E-state index in [9.17, 15) is 4.79 Å². The Hall–Kier alpha value is -2.21. The minimum Gasteiger partial charge on any atom is -0.294 e. The summed E-state index contributed by atoms with van der Waals surface area (Å²) >= 11 is 1.58. The summed E-state index contributed by atoms with van der Waals surface area (Å²) in [4.78, 5) is 21.2. The molecule has 2 heterocycles. The third-order valence-corrected chi connectivity index (χ3v) is 5.16. The first-order valence-corrected chi connectivity index (χ1v) is 9.05. The molecule has 0 amide bonds. The van der Waals surface area contributed by atoms with Crippen molar-refractivity contribution in [2.75, 3.05) is 0 Å². The summed E-state index contributed by atoms with van der Waals surface area (Å²) in [7, 11) is 0. The van der Waals surface area contributed by atoms with Crippen molar-refractivity contribution in [3.8, 4) is 0 Å². The van der Waals surface area contributed by atoms with Crippen LogP contribution in [0.4, 0.5) is 0 Å². The second-order valence-corrected chi connectivity index (χ2v) is 7.39. The molecular formula is C18H18N4OS. The zero-order chi connectivity index (χ0) is 16.7. The van der Waals surface area contributed by atoms with Gasteiger partial charge in [0.1, 0.15) is 0 Å². The molecule has 0 aliphatic heterocycles. The number of benzene rings is 1. The summed E-state index contributed by atoms with van der Waals surface area (Å²) in [6.07, 6.45) is 3.20. The topological polar surface area (TPSA) is 60.1 Å². The molecule has 4 rings (SSSR count). The van der Waals surface area contributed by atoms with Gasteiger partial charge in [0.05, 0.1) is 11.3 Å². The largest absolute Gasteiger partial charge is 0.294 e. The van der Waals surface area contributed by atoms with Gasteiger partial charge in [-0.15, -0.1) is 5.10 Å². The van der Waals surface area contributed by atoms with Crippen LogP contribution in [0.5, 0.6) is 0 Å². The van der Waals surface area contributed by atoms with Crippen LogP contribution in [0.15, 0.2) is 35.6 Å². The normalized spacial score (nSPS) is 17.2. The van der Waals surface area contributed by atoms with Crippen molar-refractivity contribution < 1.29 is 4.79 Å². The zero-order valence-corrected chi connectivity index (χ0v) is 14.5. The number of rotatable bonds is 3. The van der Waals surface area contributed by atoms with Crippen molar-refractivity contribution in [1.29, 1.82) is 0 Å². The van der Waals surface area contributed by atoms with Crippen molar-refractivity contribution >= 4 is 23.3 Å². The molecule has 0 bridgehead atoms. The second kappa shape index (κ2) is 6.02. The standard InChI is InChI=1S/C18H18N4OS/c1-11-3-5-13(6-4-11)10-24-18-20-17-19-15-7-12(2)8-16(23)14(15)9-22(17)21-18/h3-6,9,12H,7-8,10H2,1-2H3/t12-/m0/s1. The molecule has 6 heteroatoms. The van der Waals surface area contributed by atoms with Crippen LogP contribution in [-0.2, 0) is 12.2 Å². The van der Waals surface area contributed by atoms with E-state index in [1.807, 2.05) is 0 Å². The molecule has 5 nitrogen and oxygen atoms in total. The lowest BCUT2D eigenvalue weighted by Gasteiger charge is -2.18. The Morgan fingerprint density at radius 2 is 2.00 bits per heavy atom. The third kappa shape index (κ3) is 2.94. The molecule has 122 valence electrons. The molecule has 1 aliphatic rings. The molecule has 0 N–H and O–H groups in total. The van der Waals surface area contributed by atoms with Crippen LogP contribution in [-0.4, -0.2) is 25.4 Å². The number of carbonyl (C=O) groups is 1. The Morgan fingerprint density at radius 3 is 2.79 bits per heavy atom. The summed E-state index contributed by atoms with van der Waals surface area (Å²) in [5.74, 6) is 1.88. The first-order valence-electron chi connectivity index (χ1n) is 8.06. The molecule has 1 aliphatic carbocycles. The van der Waals surface area contributed by atoms with Gasteiger partial charge in [0.2, 0.25) is 5.16 Å². The quantitative estimate of drug-likeness (QED) is 0.684. The number of thioether (sulfide) groups is 1. The molecule has 1 aromatic carbocycles. The maximum absolute atomic E-state index is 12.2. The third-order valence-electron chi connectivity index (χ3n) is 4.26. The second-order valence-electron chi connectivity index (χ2n) is 6.45. The van der Waals surface area contributed by atoms with Crippen LogP contribution in [0.1, 0.15) is 40.5 Å². The fourth-order valence-corrected chi connectivity index (χ4v) is 3.73. The van der Waals surface area contributed by atoms with E-state index in [0.29, 0.717) is 28.8 Å². The van der Waals surface area contributed by atoms with Gasteiger partial charge in [-0.25, -0.2) is 9.50 Å². The maximum atomic E-state index is 12.2. The first-order chi connectivity index (χ1) is 11.6. The number of ketones is 1. The van der Waals surface area contributed by atoms with Crippen LogP contribution in [0, 0.1) is 12.8 Å². The van der Waals surface area contributed by atoms with Gasteiger partial charge in [0.15, 0.2) is 5.78 Å². The highest BCUT2D eigenvalue weighted by Gasteiger charge is 2.25. The lowest BCUT2D eigenvalue weighted by atomic mass is 9.88. The Labute approximate surface area is 144 Å². The molecule has 0 radical (unpaired) electrons. The van der Waals surface area contributed by atoms with Crippen molar-refractivity contribution in [2.45, 2.75) is 37.6 Å². The van der Waals surface area contributed by atoms with Crippen molar-refractivity contribution in [2.24, 2.45) is 5.92 Å². The predicted molar refractivity (Wildman–Crippen MR) is 93.3 cm³/mol. The van der Waals surface area contributed by atoms with E-state index in [-0.39, 0.29) is 5.78 Å². The molecule has 0 spiro atoms. The van der Waals surface area contributed by atoms with Crippen molar-refractivity contribution in [3.63, 3.8) is 0 Å². The lowest BCUT2D eigenvalue weighted by molar-refractivity contribution is 0.0951. The van der Waals surface area contributed by atoms with Crippen LogP contribution >= 0.6 is 11.8 Å². The van der Waals surface area contributed by atoms with Gasteiger partial charge in [0, 0.05) is 18.4 Å². The van der Waals surface area contributed by atoms with Crippen LogP contribution in [0.2, 0.25) is 0 Å². The van der Waals surface area contributed by atoms with E-state index >= 15 is 0 Å². The number of nitrogens with zero attached hydrogens (tertiary/aromatic N) is 4. The Morgan fingerprint density at radius 1 is 1.21 bits per heavy atom. The summed E-state index contributed by atoms with van der Waals surface area (Å²) < 4.78 is 1.63. The van der Waals surface area contributed by atoms with E-state index in [4.69, 9.17) is 0 Å². The van der Waals surface area contributed by atoms with Gasteiger partial charge >= 0.3 is 0 Å². The molecule has 0 fully saturated rings. The van der Waals surface area contributed by atoms with Gasteiger partial charge < -0.3 is 0 Å². The number of aromatic nitrogens is 4. The van der Waals surface area contributed by atoms with Gasteiger partial charge in [-0.2, -0.15) is 4.98 Å². The van der Waals surface area contributed by atoms with Crippen molar-refractivity contribution in [3.05, 3.63) is 52.8 Å². The number of carbonyl (C=O) groups excluding carboxylic acids is 1. The smallest absolute Gasteiger partial charge is 0.253 e. The lowest BCUT2D eigenvalue weighted by Crippen LogP contribution is -2.20. The number of aryl methyl sites for hydroxylation is 1. The maximum Gasteiger partial charge on any atom is 0.253 e. The highest BCUT2D eigenvalue weighted by molar-refractivity contribution is 7.98. The summed E-state index contributed by atoms with van der Waals surface area (Å²) in [6.45, 7) is 4.16. The number of hydrogen-bond acceptors (Lipinski definition) is 5. The minimum atomic E-state index is 0.155. The minimum absolute atomic E-state index is 0.155. The van der Waals surface area contributed by atoms with Crippen LogP contribution in [0.25, 0.3) is 5.78 Å². The Balaban J connectivity index is 1.59. The highest BCUT2D eigenvalue weighted by atomic mass is 32.2. The van der Waals surface area contributed by atoms with Crippen LogP contribution in [0.3, 0.4) is 0 Å². The molecule has 2 aromatic heterocycles. The van der Waals surface area contributed by atoms with E-state index < -0.39 is 0 Å². The Bertz CT molecular complexity index is 917. The monoisotopic (exact) mass is 338 g/mol. The van der Waals surface area contributed by atoms with E-state index in [1.165, 1.54) is 11.1 Å². The van der Waals surface area contributed by atoms with E-state index in [1.54, 1.807) is 22.5 Å². The van der Waals surface area contributed by atoms with Gasteiger partial charge in [-0.3, -0.25) is 4.79 Å². The van der Waals surface area contributed by atoms with Crippen LogP contribution < -0.4 is 0 Å². The summed E-state index contributed by atoms with van der Waals surface area (Å²) in [6, 6.07) is 8.45. The molecule has 0 unspecified atom stereocenters. The summed E-state index contributed by atoms with van der Waals surface area (Å²) in [5.41, 5.74) is 4.04. The molecular weight excluding hydrogens is 320 g/mol. The van der Waals surface area contributed by atoms with Gasteiger partial charge in [-0.05, 0) is 24.8 Å². The molecule has 0 saturated carbocycles. The molecule has 1 atom stereocenters. The molecule has 24 heavy (non-hydrogen) atoms. The fourth-order valence-electron chi connectivity index (χ4n) is 2.95. The number of fused-ring (bicyclic) bond motifs is 2. The molecule has 3 aromatic rings. The number of hydrogen-bond donors (Lipinski definition) is 0. The molecule has 0 saturated heterocycles. The Kier molecular flexibility index (Phi) is 3.84. The first kappa shape index (κ1) is 15.3. The van der Waals surface area contributed by atoms with Crippen molar-refractivity contribution in [1.82, 2.24) is 19.6 Å². The average molecular weight is 338 g/mol. The van der Waals surface area contributed by atoms with E-state index in [2.05, 4.69) is 53.2 Å². The SMILES string of the molecule is Cc1ccc(CSc2nc3nc4c(cn3n2)C(=O)C[C@@H](C)C4)cc1. The zero-order valence-electron chi connectivity index (χ0n) is 13.7. The van der Waals surface area contributed by atoms with Gasteiger partial charge in [0.25, 0.3) is 5.78 Å². The van der Waals surface area contributed by atoms with E-state index in [0.717, 1.165) is 17.9 Å².